The first-order valence-corrected chi connectivity index (χ1v) is 11.9. The lowest BCUT2D eigenvalue weighted by Crippen LogP contribution is -2.40. The highest BCUT2D eigenvalue weighted by atomic mass is 35.5. The summed E-state index contributed by atoms with van der Waals surface area (Å²) in [6.07, 6.45) is 1.71. The summed E-state index contributed by atoms with van der Waals surface area (Å²) in [7, 11) is 0. The van der Waals surface area contributed by atoms with E-state index in [0.717, 1.165) is 41.9 Å². The molecule has 174 valence electrons. The number of aromatic nitrogens is 2. The van der Waals surface area contributed by atoms with E-state index in [9.17, 15) is 9.18 Å². The minimum Gasteiger partial charge on any atom is -0.324 e. The predicted octanol–water partition coefficient (Wildman–Crippen LogP) is 6.32. The monoisotopic (exact) mass is 496 g/mol. The van der Waals surface area contributed by atoms with E-state index >= 15 is 0 Å². The lowest BCUT2D eigenvalue weighted by molar-refractivity contribution is -0.121. The zero-order valence-electron chi connectivity index (χ0n) is 18.3. The van der Waals surface area contributed by atoms with Gasteiger partial charge in [0.1, 0.15) is 11.6 Å². The Bertz CT molecular complexity index is 1340. The summed E-state index contributed by atoms with van der Waals surface area (Å²) in [5.41, 5.74) is 3.26. The number of nitrogens with zero attached hydrogens (tertiary/aromatic N) is 3. The average molecular weight is 497 g/mol. The number of para-hydroxylation sites is 2. The standard InChI is InChI=1S/C26H23Cl2FN4O/c27-18-7-12-22(21(28)14-18)31-26(34)17-4-3-13-32(15-17)16-25-30-23-5-1-2-6-24(23)33(25)20-10-8-19(29)9-11-20/h1-2,5-12,14,17H,3-4,13,15-16H2,(H,31,34)/t17-/m1/s1. The van der Waals surface area contributed by atoms with Crippen molar-refractivity contribution in [3.05, 3.63) is 88.4 Å². The Balaban J connectivity index is 1.36. The molecule has 1 aliphatic heterocycles. The van der Waals surface area contributed by atoms with Crippen molar-refractivity contribution in [1.29, 1.82) is 0 Å². The molecule has 0 bridgehead atoms. The van der Waals surface area contributed by atoms with Crippen LogP contribution in [0.15, 0.2) is 66.7 Å². The molecule has 5 rings (SSSR count). The van der Waals surface area contributed by atoms with Crippen LogP contribution >= 0.6 is 23.2 Å². The molecular weight excluding hydrogens is 474 g/mol. The lowest BCUT2D eigenvalue weighted by Gasteiger charge is -2.31. The fourth-order valence-electron chi connectivity index (χ4n) is 4.50. The molecule has 3 aromatic carbocycles. The number of piperidine rings is 1. The first-order chi connectivity index (χ1) is 16.5. The minimum atomic E-state index is -0.277. The third-order valence-corrected chi connectivity index (χ3v) is 6.69. The van der Waals surface area contributed by atoms with Gasteiger partial charge in [0, 0.05) is 17.3 Å². The van der Waals surface area contributed by atoms with Gasteiger partial charge in [-0.1, -0.05) is 35.3 Å². The Morgan fingerprint density at radius 2 is 1.88 bits per heavy atom. The number of halogens is 3. The van der Waals surface area contributed by atoms with Gasteiger partial charge >= 0.3 is 0 Å². The molecule has 1 aliphatic rings. The van der Waals surface area contributed by atoms with Gasteiger partial charge in [-0.05, 0) is 74.0 Å². The normalized spacial score (nSPS) is 16.6. The van der Waals surface area contributed by atoms with Crippen LogP contribution in [0.3, 0.4) is 0 Å². The largest absolute Gasteiger partial charge is 0.324 e. The Hall–Kier alpha value is -2.93. The van der Waals surface area contributed by atoms with Gasteiger partial charge in [-0.15, -0.1) is 0 Å². The Morgan fingerprint density at radius 1 is 1.09 bits per heavy atom. The van der Waals surface area contributed by atoms with Crippen LogP contribution in [0.2, 0.25) is 10.0 Å². The van der Waals surface area contributed by atoms with E-state index in [1.807, 2.05) is 24.3 Å². The predicted molar refractivity (Wildman–Crippen MR) is 134 cm³/mol. The summed E-state index contributed by atoms with van der Waals surface area (Å²) >= 11 is 12.2. The second kappa shape index (κ2) is 9.74. The van der Waals surface area contributed by atoms with Crippen LogP contribution in [-0.4, -0.2) is 33.4 Å². The third kappa shape index (κ3) is 4.80. The number of anilines is 1. The van der Waals surface area contributed by atoms with Gasteiger partial charge in [0.15, 0.2) is 0 Å². The Kier molecular flexibility index (Phi) is 6.55. The second-order valence-electron chi connectivity index (χ2n) is 8.52. The van der Waals surface area contributed by atoms with Crippen molar-refractivity contribution in [2.24, 2.45) is 5.92 Å². The molecule has 1 aromatic heterocycles. The highest BCUT2D eigenvalue weighted by molar-refractivity contribution is 6.36. The van der Waals surface area contributed by atoms with Crippen LogP contribution in [-0.2, 0) is 11.3 Å². The smallest absolute Gasteiger partial charge is 0.228 e. The summed E-state index contributed by atoms with van der Waals surface area (Å²) in [4.78, 5) is 20.1. The van der Waals surface area contributed by atoms with E-state index in [1.165, 1.54) is 12.1 Å². The number of likely N-dealkylation sites (tertiary alicyclic amines) is 1. The van der Waals surface area contributed by atoms with Crippen LogP contribution in [0.4, 0.5) is 10.1 Å². The summed E-state index contributed by atoms with van der Waals surface area (Å²) in [6, 6.07) is 19.4. The number of imidazole rings is 1. The first-order valence-electron chi connectivity index (χ1n) is 11.2. The molecule has 5 nitrogen and oxygen atoms in total. The zero-order chi connectivity index (χ0) is 23.7. The molecule has 2 heterocycles. The number of carbonyl (C=O) groups is 1. The Labute approximate surface area is 207 Å². The molecule has 0 radical (unpaired) electrons. The first kappa shape index (κ1) is 22.8. The lowest BCUT2D eigenvalue weighted by atomic mass is 9.97. The average Bonchev–Trinajstić information content (AvgIpc) is 3.19. The molecule has 0 unspecified atom stereocenters. The maximum Gasteiger partial charge on any atom is 0.228 e. The van der Waals surface area contributed by atoms with Crippen molar-refractivity contribution in [3.63, 3.8) is 0 Å². The van der Waals surface area contributed by atoms with Crippen molar-refractivity contribution in [1.82, 2.24) is 14.5 Å². The fraction of sp³-hybridized carbons (Fsp3) is 0.231. The molecule has 0 saturated carbocycles. The molecule has 8 heteroatoms. The van der Waals surface area contributed by atoms with Crippen molar-refractivity contribution in [2.45, 2.75) is 19.4 Å². The maximum atomic E-state index is 13.5. The number of hydrogen-bond acceptors (Lipinski definition) is 3. The number of nitrogens with one attached hydrogen (secondary N) is 1. The van der Waals surface area contributed by atoms with E-state index in [2.05, 4.69) is 14.8 Å². The summed E-state index contributed by atoms with van der Waals surface area (Å²) < 4.78 is 15.6. The van der Waals surface area contributed by atoms with Crippen LogP contribution in [0, 0.1) is 11.7 Å². The molecule has 1 amide bonds. The molecule has 1 N–H and O–H groups in total. The number of rotatable bonds is 5. The van der Waals surface area contributed by atoms with Crippen molar-refractivity contribution >= 4 is 45.8 Å². The van der Waals surface area contributed by atoms with Crippen LogP contribution < -0.4 is 5.32 Å². The van der Waals surface area contributed by atoms with E-state index < -0.39 is 0 Å². The summed E-state index contributed by atoms with van der Waals surface area (Å²) in [5, 5.41) is 3.89. The van der Waals surface area contributed by atoms with Crippen molar-refractivity contribution in [2.75, 3.05) is 18.4 Å². The minimum absolute atomic E-state index is 0.0547. The molecule has 1 atom stereocenters. The van der Waals surface area contributed by atoms with E-state index in [4.69, 9.17) is 28.2 Å². The number of amides is 1. The quantitative estimate of drug-likeness (QED) is 0.351. The third-order valence-electron chi connectivity index (χ3n) is 6.15. The summed E-state index contributed by atoms with van der Waals surface area (Å²) in [6.45, 7) is 2.07. The van der Waals surface area contributed by atoms with Gasteiger partial charge in [0.05, 0.1) is 34.2 Å². The van der Waals surface area contributed by atoms with Crippen molar-refractivity contribution in [3.8, 4) is 5.69 Å². The molecule has 0 aliphatic carbocycles. The van der Waals surface area contributed by atoms with Crippen LogP contribution in [0.25, 0.3) is 16.7 Å². The van der Waals surface area contributed by atoms with Crippen LogP contribution in [0.5, 0.6) is 0 Å². The molecule has 4 aromatic rings. The molecular formula is C26H23Cl2FN4O. The van der Waals surface area contributed by atoms with Crippen molar-refractivity contribution < 1.29 is 9.18 Å². The second-order valence-corrected chi connectivity index (χ2v) is 9.36. The van der Waals surface area contributed by atoms with Gasteiger partial charge in [-0.3, -0.25) is 14.3 Å². The van der Waals surface area contributed by atoms with Gasteiger partial charge in [-0.25, -0.2) is 9.37 Å². The molecule has 1 fully saturated rings. The zero-order valence-corrected chi connectivity index (χ0v) is 19.9. The van der Waals surface area contributed by atoms with Gasteiger partial charge in [0.2, 0.25) is 5.91 Å². The number of fused-ring (bicyclic) bond motifs is 1. The highest BCUT2D eigenvalue weighted by Crippen LogP contribution is 2.28. The number of benzene rings is 3. The Morgan fingerprint density at radius 3 is 2.68 bits per heavy atom. The van der Waals surface area contributed by atoms with Crippen LogP contribution in [0.1, 0.15) is 18.7 Å². The molecule has 0 spiro atoms. The number of carbonyl (C=O) groups excluding carboxylic acids is 1. The van der Waals surface area contributed by atoms with E-state index in [-0.39, 0.29) is 17.6 Å². The summed E-state index contributed by atoms with van der Waals surface area (Å²) in [5.74, 6) is 0.361. The topological polar surface area (TPSA) is 50.2 Å². The SMILES string of the molecule is O=C(Nc1ccc(Cl)cc1Cl)[C@@H]1CCCN(Cc2nc3ccccc3n2-c2ccc(F)cc2)C1. The van der Waals surface area contributed by atoms with E-state index in [1.54, 1.807) is 30.3 Å². The molecule has 1 saturated heterocycles. The number of hydrogen-bond donors (Lipinski definition) is 1. The highest BCUT2D eigenvalue weighted by Gasteiger charge is 2.27. The van der Waals surface area contributed by atoms with Gasteiger partial charge in [0.25, 0.3) is 0 Å². The fourth-order valence-corrected chi connectivity index (χ4v) is 4.95. The van der Waals surface area contributed by atoms with Gasteiger partial charge in [-0.2, -0.15) is 0 Å². The van der Waals surface area contributed by atoms with Gasteiger partial charge < -0.3 is 5.32 Å². The maximum absolute atomic E-state index is 13.5. The molecule has 34 heavy (non-hydrogen) atoms. The van der Waals surface area contributed by atoms with E-state index in [0.29, 0.717) is 28.8 Å².